The number of hydrogen-bond acceptors (Lipinski definition) is 5. The van der Waals surface area contributed by atoms with Gasteiger partial charge in [-0.2, -0.15) is 0 Å². The van der Waals surface area contributed by atoms with Crippen LogP contribution >= 0.6 is 23.1 Å². The molecule has 1 amide bonds. The van der Waals surface area contributed by atoms with Gasteiger partial charge in [-0.3, -0.25) is 14.2 Å². The maximum atomic E-state index is 12.6. The highest BCUT2D eigenvalue weighted by molar-refractivity contribution is 7.99. The highest BCUT2D eigenvalue weighted by atomic mass is 32.2. The Kier molecular flexibility index (Phi) is 4.87. The standard InChI is InChI=1S/C16H19N3O2S2/c1-3-13-10(2)18-16-19(15(13)21)8-11(9-23-16)14(20)17-7-12-5-4-6-22-12/h4-6,11H,3,7-9H2,1-2H3,(H,17,20)/t11-/m0/s1. The van der Waals surface area contributed by atoms with E-state index in [1.165, 1.54) is 11.8 Å². The van der Waals surface area contributed by atoms with Crippen molar-refractivity contribution in [3.05, 3.63) is 44.0 Å². The lowest BCUT2D eigenvalue weighted by molar-refractivity contribution is -0.125. The molecule has 5 nitrogen and oxygen atoms in total. The van der Waals surface area contributed by atoms with Crippen LogP contribution in [0.3, 0.4) is 0 Å². The summed E-state index contributed by atoms with van der Waals surface area (Å²) in [5.41, 5.74) is 1.55. The molecule has 7 heteroatoms. The number of nitrogens with one attached hydrogen (secondary N) is 1. The first kappa shape index (κ1) is 16.3. The number of carbonyl (C=O) groups is 1. The van der Waals surface area contributed by atoms with Gasteiger partial charge >= 0.3 is 0 Å². The molecule has 0 spiro atoms. The van der Waals surface area contributed by atoms with E-state index < -0.39 is 0 Å². The smallest absolute Gasteiger partial charge is 0.257 e. The maximum absolute atomic E-state index is 12.6. The van der Waals surface area contributed by atoms with Crippen molar-refractivity contribution in [1.82, 2.24) is 14.9 Å². The van der Waals surface area contributed by atoms with Gasteiger partial charge < -0.3 is 5.32 Å². The molecule has 0 aromatic carbocycles. The molecule has 3 heterocycles. The number of amides is 1. The quantitative estimate of drug-likeness (QED) is 0.860. The van der Waals surface area contributed by atoms with Crippen LogP contribution in [0.2, 0.25) is 0 Å². The van der Waals surface area contributed by atoms with Gasteiger partial charge in [0.2, 0.25) is 5.91 Å². The molecule has 0 radical (unpaired) electrons. The van der Waals surface area contributed by atoms with Crippen molar-refractivity contribution in [3.63, 3.8) is 0 Å². The van der Waals surface area contributed by atoms with Gasteiger partial charge in [-0.05, 0) is 24.8 Å². The van der Waals surface area contributed by atoms with Crippen LogP contribution in [0.25, 0.3) is 0 Å². The van der Waals surface area contributed by atoms with E-state index in [0.717, 1.165) is 21.3 Å². The van der Waals surface area contributed by atoms with E-state index in [4.69, 9.17) is 0 Å². The summed E-state index contributed by atoms with van der Waals surface area (Å²) in [6, 6.07) is 3.97. The fraction of sp³-hybridized carbons (Fsp3) is 0.438. The van der Waals surface area contributed by atoms with Crippen molar-refractivity contribution < 1.29 is 4.79 Å². The van der Waals surface area contributed by atoms with Crippen LogP contribution in [0.4, 0.5) is 0 Å². The minimum absolute atomic E-state index is 0.00161. The molecule has 0 fully saturated rings. The van der Waals surface area contributed by atoms with Crippen molar-refractivity contribution in [2.24, 2.45) is 5.92 Å². The number of fused-ring (bicyclic) bond motifs is 1. The van der Waals surface area contributed by atoms with Gasteiger partial charge in [-0.25, -0.2) is 4.98 Å². The topological polar surface area (TPSA) is 64.0 Å². The fourth-order valence-corrected chi connectivity index (χ4v) is 4.46. The Labute approximate surface area is 143 Å². The maximum Gasteiger partial charge on any atom is 0.257 e. The predicted octanol–water partition coefficient (Wildman–Crippen LogP) is 2.21. The molecule has 2 aromatic rings. The second-order valence-corrected chi connectivity index (χ2v) is 7.55. The SMILES string of the molecule is CCc1c(C)nc2n(c1=O)C[C@H](C(=O)NCc1cccs1)CS2. The van der Waals surface area contributed by atoms with E-state index >= 15 is 0 Å². The van der Waals surface area contributed by atoms with Crippen LogP contribution < -0.4 is 10.9 Å². The number of aromatic nitrogens is 2. The molecule has 1 atom stereocenters. The minimum Gasteiger partial charge on any atom is -0.351 e. The Morgan fingerprint density at radius 2 is 2.35 bits per heavy atom. The summed E-state index contributed by atoms with van der Waals surface area (Å²) in [6.45, 7) is 4.80. The normalized spacial score (nSPS) is 16.9. The second-order valence-electron chi connectivity index (χ2n) is 5.53. The predicted molar refractivity (Wildman–Crippen MR) is 93.0 cm³/mol. The third-order valence-electron chi connectivity index (χ3n) is 3.99. The number of carbonyl (C=O) groups excluding carboxylic acids is 1. The Bertz CT molecular complexity index is 768. The van der Waals surface area contributed by atoms with Crippen LogP contribution in [0.5, 0.6) is 0 Å². The molecule has 2 aromatic heterocycles. The summed E-state index contributed by atoms with van der Waals surface area (Å²) < 4.78 is 1.66. The number of rotatable bonds is 4. The third kappa shape index (κ3) is 3.35. The first-order valence-corrected chi connectivity index (χ1v) is 9.50. The lowest BCUT2D eigenvalue weighted by Gasteiger charge is -2.25. The summed E-state index contributed by atoms with van der Waals surface area (Å²) in [5.74, 6) is 0.467. The molecular weight excluding hydrogens is 330 g/mol. The van der Waals surface area contributed by atoms with Gasteiger partial charge in [-0.1, -0.05) is 24.8 Å². The van der Waals surface area contributed by atoms with Crippen molar-refractivity contribution in [2.45, 2.75) is 38.5 Å². The summed E-state index contributed by atoms with van der Waals surface area (Å²) in [6.07, 6.45) is 0.665. The Balaban J connectivity index is 1.74. The molecule has 1 aliphatic rings. The molecule has 0 unspecified atom stereocenters. The number of thiophene rings is 1. The van der Waals surface area contributed by atoms with Crippen LogP contribution in [0.1, 0.15) is 23.1 Å². The first-order valence-electron chi connectivity index (χ1n) is 7.63. The number of thioether (sulfide) groups is 1. The van der Waals surface area contributed by atoms with E-state index in [0.29, 0.717) is 25.3 Å². The fourth-order valence-electron chi connectivity index (χ4n) is 2.69. The van der Waals surface area contributed by atoms with Gasteiger partial charge in [-0.15, -0.1) is 11.3 Å². The van der Waals surface area contributed by atoms with Crippen LogP contribution in [0, 0.1) is 12.8 Å². The number of nitrogens with zero attached hydrogens (tertiary/aromatic N) is 2. The molecule has 0 aliphatic carbocycles. The molecule has 0 saturated heterocycles. The van der Waals surface area contributed by atoms with E-state index in [2.05, 4.69) is 10.3 Å². The van der Waals surface area contributed by atoms with Gasteiger partial charge in [0.15, 0.2) is 5.16 Å². The highest BCUT2D eigenvalue weighted by Gasteiger charge is 2.27. The van der Waals surface area contributed by atoms with Crippen molar-refractivity contribution in [1.29, 1.82) is 0 Å². The molecule has 122 valence electrons. The van der Waals surface area contributed by atoms with Crippen LogP contribution in [-0.2, 0) is 24.3 Å². The van der Waals surface area contributed by atoms with E-state index in [1.807, 2.05) is 31.4 Å². The summed E-state index contributed by atoms with van der Waals surface area (Å²) in [5, 5.41) is 5.69. The lowest BCUT2D eigenvalue weighted by atomic mass is 10.1. The van der Waals surface area contributed by atoms with Gasteiger partial charge in [0, 0.05) is 28.4 Å². The third-order valence-corrected chi connectivity index (χ3v) is 6.01. The first-order chi connectivity index (χ1) is 11.1. The minimum atomic E-state index is -0.195. The van der Waals surface area contributed by atoms with Crippen LogP contribution in [0.15, 0.2) is 27.5 Å². The van der Waals surface area contributed by atoms with Crippen molar-refractivity contribution in [3.8, 4) is 0 Å². The van der Waals surface area contributed by atoms with Crippen molar-refractivity contribution >= 4 is 29.0 Å². The molecule has 0 saturated carbocycles. The summed E-state index contributed by atoms with van der Waals surface area (Å²) >= 11 is 3.11. The Hall–Kier alpha value is -1.60. The van der Waals surface area contributed by atoms with Crippen molar-refractivity contribution in [2.75, 3.05) is 5.75 Å². The summed E-state index contributed by atoms with van der Waals surface area (Å²) in [7, 11) is 0. The largest absolute Gasteiger partial charge is 0.351 e. The monoisotopic (exact) mass is 349 g/mol. The van der Waals surface area contributed by atoms with E-state index in [-0.39, 0.29) is 17.4 Å². The van der Waals surface area contributed by atoms with Gasteiger partial charge in [0.05, 0.1) is 12.5 Å². The average molecular weight is 349 g/mol. The zero-order valence-electron chi connectivity index (χ0n) is 13.2. The lowest BCUT2D eigenvalue weighted by Crippen LogP contribution is -2.40. The van der Waals surface area contributed by atoms with E-state index in [1.54, 1.807) is 15.9 Å². The second kappa shape index (κ2) is 6.88. The highest BCUT2D eigenvalue weighted by Crippen LogP contribution is 2.26. The average Bonchev–Trinajstić information content (AvgIpc) is 3.06. The number of hydrogen-bond donors (Lipinski definition) is 1. The molecule has 23 heavy (non-hydrogen) atoms. The zero-order chi connectivity index (χ0) is 16.4. The Morgan fingerprint density at radius 1 is 1.52 bits per heavy atom. The molecule has 3 rings (SSSR count). The molecular formula is C16H19N3O2S2. The number of aryl methyl sites for hydroxylation is 1. The van der Waals surface area contributed by atoms with Gasteiger partial charge in [0.25, 0.3) is 5.56 Å². The summed E-state index contributed by atoms with van der Waals surface area (Å²) in [4.78, 5) is 30.6. The van der Waals surface area contributed by atoms with E-state index in [9.17, 15) is 9.59 Å². The van der Waals surface area contributed by atoms with Crippen LogP contribution in [-0.4, -0.2) is 21.2 Å². The molecule has 0 bridgehead atoms. The molecule has 1 aliphatic heterocycles. The zero-order valence-corrected chi connectivity index (χ0v) is 14.8. The molecule has 1 N–H and O–H groups in total. The van der Waals surface area contributed by atoms with Gasteiger partial charge in [0.1, 0.15) is 0 Å². The Morgan fingerprint density at radius 3 is 3.04 bits per heavy atom.